The minimum Gasteiger partial charge on any atom is -0.481 e. The summed E-state index contributed by atoms with van der Waals surface area (Å²) in [6, 6.07) is 1.84. The molecule has 0 heterocycles. The first-order valence-electron chi connectivity index (χ1n) is 5.80. The Morgan fingerprint density at radius 3 is 2.57 bits per heavy atom. The van der Waals surface area contributed by atoms with Crippen molar-refractivity contribution >= 4 is 33.9 Å². The van der Waals surface area contributed by atoms with Gasteiger partial charge in [-0.05, 0) is 18.6 Å². The Morgan fingerprint density at radius 1 is 1.48 bits per heavy atom. The molecule has 0 bridgehead atoms. The van der Waals surface area contributed by atoms with Crippen LogP contribution in [-0.4, -0.2) is 44.8 Å². The summed E-state index contributed by atoms with van der Waals surface area (Å²) in [7, 11) is -0.892. The summed E-state index contributed by atoms with van der Waals surface area (Å²) in [5, 5.41) is 8.43. The lowest BCUT2D eigenvalue weighted by Crippen LogP contribution is -2.10. The molecule has 0 radical (unpaired) electrons. The number of sulfonamides is 1. The van der Waals surface area contributed by atoms with Crippen LogP contribution in [0.15, 0.2) is 21.4 Å². The number of carboxylic acid groups (broad SMARTS) is 1. The average molecular weight is 337 g/mol. The monoisotopic (exact) mass is 336 g/mol. The van der Waals surface area contributed by atoms with Gasteiger partial charge in [0.05, 0.1) is 4.90 Å². The maximum absolute atomic E-state index is 13.9. The van der Waals surface area contributed by atoms with Gasteiger partial charge in [0.25, 0.3) is 10.0 Å². The number of carbonyl (C=O) groups is 1. The van der Waals surface area contributed by atoms with Crippen LogP contribution in [0.5, 0.6) is 0 Å². The maximum atomic E-state index is 13.9. The SMILES string of the molecule is CN(C)C=NS(=O)(=O)c1cc(F)c(CCC(=O)O)c(Cl)c1. The predicted octanol–water partition coefficient (Wildman–Crippen LogP) is 1.77. The largest absolute Gasteiger partial charge is 0.481 e. The molecule has 1 aromatic carbocycles. The topological polar surface area (TPSA) is 87.0 Å². The van der Waals surface area contributed by atoms with Gasteiger partial charge in [-0.1, -0.05) is 11.6 Å². The normalized spacial score (nSPS) is 11.8. The van der Waals surface area contributed by atoms with Gasteiger partial charge in [-0.15, -0.1) is 4.40 Å². The van der Waals surface area contributed by atoms with E-state index >= 15 is 0 Å². The van der Waals surface area contributed by atoms with Gasteiger partial charge in [-0.25, -0.2) is 4.39 Å². The van der Waals surface area contributed by atoms with Crippen molar-refractivity contribution in [1.82, 2.24) is 4.90 Å². The fraction of sp³-hybridized carbons (Fsp3) is 0.333. The molecule has 0 unspecified atom stereocenters. The van der Waals surface area contributed by atoms with Crippen LogP contribution in [0.1, 0.15) is 12.0 Å². The van der Waals surface area contributed by atoms with Crippen molar-refractivity contribution in [2.75, 3.05) is 14.1 Å². The molecule has 1 N–H and O–H groups in total. The highest BCUT2D eigenvalue weighted by Crippen LogP contribution is 2.26. The van der Waals surface area contributed by atoms with Crippen LogP contribution in [-0.2, 0) is 21.2 Å². The zero-order valence-corrected chi connectivity index (χ0v) is 12.9. The van der Waals surface area contributed by atoms with Crippen LogP contribution < -0.4 is 0 Å². The molecule has 21 heavy (non-hydrogen) atoms. The third-order valence-corrected chi connectivity index (χ3v) is 3.96. The fourth-order valence-electron chi connectivity index (χ4n) is 1.42. The van der Waals surface area contributed by atoms with E-state index in [4.69, 9.17) is 16.7 Å². The van der Waals surface area contributed by atoms with E-state index in [1.54, 1.807) is 14.1 Å². The smallest absolute Gasteiger partial charge is 0.303 e. The van der Waals surface area contributed by atoms with E-state index < -0.39 is 21.8 Å². The van der Waals surface area contributed by atoms with E-state index in [1.807, 2.05) is 0 Å². The maximum Gasteiger partial charge on any atom is 0.303 e. The van der Waals surface area contributed by atoms with Crippen molar-refractivity contribution in [1.29, 1.82) is 0 Å². The first kappa shape index (κ1) is 17.4. The van der Waals surface area contributed by atoms with Crippen molar-refractivity contribution < 1.29 is 22.7 Å². The summed E-state index contributed by atoms with van der Waals surface area (Å²) in [6.45, 7) is 0. The lowest BCUT2D eigenvalue weighted by molar-refractivity contribution is -0.136. The number of nitrogens with zero attached hydrogens (tertiary/aromatic N) is 2. The van der Waals surface area contributed by atoms with Crippen LogP contribution in [0, 0.1) is 5.82 Å². The van der Waals surface area contributed by atoms with Crippen molar-refractivity contribution in [3.8, 4) is 0 Å². The molecule has 9 heteroatoms. The van der Waals surface area contributed by atoms with Crippen LogP contribution in [0.3, 0.4) is 0 Å². The summed E-state index contributed by atoms with van der Waals surface area (Å²) in [5.74, 6) is -1.97. The third-order valence-electron chi connectivity index (χ3n) is 2.42. The highest BCUT2D eigenvalue weighted by molar-refractivity contribution is 7.90. The van der Waals surface area contributed by atoms with Gasteiger partial charge >= 0.3 is 5.97 Å². The Hall–Kier alpha value is -1.67. The molecular formula is C12H14ClFN2O4S. The average Bonchev–Trinajstić information content (AvgIpc) is 2.35. The molecular weight excluding hydrogens is 323 g/mol. The number of rotatable bonds is 6. The number of aliphatic carboxylic acids is 1. The minimum absolute atomic E-state index is 0.0328. The van der Waals surface area contributed by atoms with Crippen LogP contribution >= 0.6 is 11.6 Å². The quantitative estimate of drug-likeness (QED) is 0.632. The van der Waals surface area contributed by atoms with Crippen molar-refractivity contribution in [3.63, 3.8) is 0 Å². The van der Waals surface area contributed by atoms with Gasteiger partial charge in [-0.2, -0.15) is 8.42 Å². The molecule has 0 amide bonds. The molecule has 0 aliphatic carbocycles. The van der Waals surface area contributed by atoms with E-state index in [1.165, 1.54) is 4.90 Å². The molecule has 0 aliphatic heterocycles. The van der Waals surface area contributed by atoms with Crippen molar-refractivity contribution in [3.05, 3.63) is 28.5 Å². The van der Waals surface area contributed by atoms with E-state index in [0.717, 1.165) is 18.5 Å². The second-order valence-electron chi connectivity index (χ2n) is 4.42. The van der Waals surface area contributed by atoms with Gasteiger partial charge in [0, 0.05) is 31.1 Å². The van der Waals surface area contributed by atoms with E-state index in [9.17, 15) is 17.6 Å². The summed E-state index contributed by atoms with van der Waals surface area (Å²) in [4.78, 5) is 11.5. The number of hydrogen-bond donors (Lipinski definition) is 1. The number of benzene rings is 1. The Kier molecular flexibility index (Phi) is 5.68. The van der Waals surface area contributed by atoms with Gasteiger partial charge in [-0.3, -0.25) is 4.79 Å². The first-order valence-corrected chi connectivity index (χ1v) is 7.62. The number of hydrogen-bond acceptors (Lipinski definition) is 3. The standard InChI is InChI=1S/C12H14ClFN2O4S/c1-16(2)7-15-21(19,20)8-5-10(13)9(11(14)6-8)3-4-12(17)18/h5-7H,3-4H2,1-2H3,(H,17,18). The second-order valence-corrected chi connectivity index (χ2v) is 6.46. The first-order chi connectivity index (χ1) is 9.63. The van der Waals surface area contributed by atoms with Crippen molar-refractivity contribution in [2.45, 2.75) is 17.7 Å². The van der Waals surface area contributed by atoms with Gasteiger partial charge in [0.15, 0.2) is 0 Å². The lowest BCUT2D eigenvalue weighted by Gasteiger charge is -2.08. The van der Waals surface area contributed by atoms with E-state index in [2.05, 4.69) is 4.40 Å². The lowest BCUT2D eigenvalue weighted by atomic mass is 10.1. The minimum atomic E-state index is -4.06. The summed E-state index contributed by atoms with van der Waals surface area (Å²) in [6.07, 6.45) is 0.641. The summed E-state index contributed by atoms with van der Waals surface area (Å²) < 4.78 is 41.0. The zero-order chi connectivity index (χ0) is 16.2. The van der Waals surface area contributed by atoms with Crippen LogP contribution in [0.4, 0.5) is 4.39 Å². The Bertz CT molecular complexity index is 651. The molecule has 0 atom stereocenters. The third kappa shape index (κ3) is 4.98. The molecule has 116 valence electrons. The van der Waals surface area contributed by atoms with E-state index in [0.29, 0.717) is 0 Å². The summed E-state index contributed by atoms with van der Waals surface area (Å²) >= 11 is 5.83. The predicted molar refractivity (Wildman–Crippen MR) is 76.7 cm³/mol. The molecule has 0 aromatic heterocycles. The number of halogens is 2. The molecule has 1 aromatic rings. The number of carboxylic acids is 1. The van der Waals surface area contributed by atoms with Gasteiger partial charge in [0.1, 0.15) is 12.2 Å². The Balaban J connectivity index is 3.16. The molecule has 0 fully saturated rings. The summed E-state index contributed by atoms with van der Waals surface area (Å²) in [5.41, 5.74) is -0.0328. The second kappa shape index (κ2) is 6.86. The molecule has 0 spiro atoms. The highest BCUT2D eigenvalue weighted by Gasteiger charge is 2.18. The highest BCUT2D eigenvalue weighted by atomic mass is 35.5. The molecule has 6 nitrogen and oxygen atoms in total. The molecule has 1 rings (SSSR count). The Morgan fingerprint density at radius 2 is 2.10 bits per heavy atom. The van der Waals surface area contributed by atoms with Crippen LogP contribution in [0.2, 0.25) is 5.02 Å². The molecule has 0 saturated heterocycles. The molecule has 0 aliphatic rings. The van der Waals surface area contributed by atoms with Crippen molar-refractivity contribution in [2.24, 2.45) is 4.40 Å². The molecule has 0 saturated carbocycles. The Labute approximate surface area is 126 Å². The van der Waals surface area contributed by atoms with Gasteiger partial charge < -0.3 is 10.0 Å². The van der Waals surface area contributed by atoms with Gasteiger partial charge in [0.2, 0.25) is 0 Å². The zero-order valence-electron chi connectivity index (χ0n) is 11.4. The fourth-order valence-corrected chi connectivity index (χ4v) is 2.74. The van der Waals surface area contributed by atoms with E-state index in [-0.39, 0.29) is 28.3 Å². The van der Waals surface area contributed by atoms with Crippen LogP contribution in [0.25, 0.3) is 0 Å².